The van der Waals surface area contributed by atoms with E-state index in [0.717, 1.165) is 0 Å². The van der Waals surface area contributed by atoms with Gasteiger partial charge in [-0.25, -0.2) is 23.1 Å². The molecule has 0 bridgehead atoms. The van der Waals surface area contributed by atoms with Crippen molar-refractivity contribution in [3.8, 4) is 5.75 Å². The Labute approximate surface area is 127 Å². The Morgan fingerprint density at radius 3 is 2.57 bits per heavy atom. The number of methoxy groups -OCH3 is 1. The van der Waals surface area contributed by atoms with Crippen LogP contribution in [-0.2, 0) is 10.0 Å². The maximum atomic E-state index is 12.2. The molecule has 0 spiro atoms. The number of rotatable bonds is 4. The van der Waals surface area contributed by atoms with E-state index in [1.165, 1.54) is 31.4 Å². The summed E-state index contributed by atoms with van der Waals surface area (Å²) in [6.45, 7) is 1.68. The highest BCUT2D eigenvalue weighted by atomic mass is 35.5. The van der Waals surface area contributed by atoms with Crippen molar-refractivity contribution in [2.75, 3.05) is 17.6 Å². The molecule has 0 saturated heterocycles. The summed E-state index contributed by atoms with van der Waals surface area (Å²) in [4.78, 5) is 7.74. The predicted molar refractivity (Wildman–Crippen MR) is 80.0 cm³/mol. The van der Waals surface area contributed by atoms with Gasteiger partial charge in [-0.3, -0.25) is 0 Å². The number of hydrogen-bond donors (Lipinski definition) is 2. The van der Waals surface area contributed by atoms with Crippen molar-refractivity contribution in [3.63, 3.8) is 0 Å². The molecule has 0 fully saturated rings. The van der Waals surface area contributed by atoms with E-state index in [-0.39, 0.29) is 21.7 Å². The van der Waals surface area contributed by atoms with E-state index in [1.54, 1.807) is 6.92 Å². The van der Waals surface area contributed by atoms with Crippen LogP contribution in [0.25, 0.3) is 0 Å². The molecule has 7 nitrogen and oxygen atoms in total. The standard InChI is InChI=1S/C12H13ClN4O3S/c1-7-5-11(13)16-12(15-7)17-21(18,19)8-3-4-10(20-2)9(14)6-8/h3-6H,14H2,1-2H3,(H,15,16,17). The Bertz CT molecular complexity index is 760. The van der Waals surface area contributed by atoms with Crippen molar-refractivity contribution in [2.24, 2.45) is 0 Å². The van der Waals surface area contributed by atoms with E-state index in [2.05, 4.69) is 14.7 Å². The molecule has 0 radical (unpaired) electrons. The van der Waals surface area contributed by atoms with Crippen molar-refractivity contribution in [1.82, 2.24) is 9.97 Å². The third-order valence-electron chi connectivity index (χ3n) is 2.56. The number of nitrogens with two attached hydrogens (primary N) is 1. The fraction of sp³-hybridized carbons (Fsp3) is 0.167. The lowest BCUT2D eigenvalue weighted by atomic mass is 10.3. The van der Waals surface area contributed by atoms with Crippen LogP contribution in [0, 0.1) is 6.92 Å². The molecule has 0 saturated carbocycles. The van der Waals surface area contributed by atoms with Gasteiger partial charge in [0.2, 0.25) is 5.95 Å². The van der Waals surface area contributed by atoms with Crippen molar-refractivity contribution in [3.05, 3.63) is 35.1 Å². The van der Waals surface area contributed by atoms with Crippen LogP contribution in [0.4, 0.5) is 11.6 Å². The number of nitrogens with one attached hydrogen (secondary N) is 1. The number of benzene rings is 1. The number of nitrogens with zero attached hydrogens (tertiary/aromatic N) is 2. The van der Waals surface area contributed by atoms with Gasteiger partial charge in [-0.15, -0.1) is 0 Å². The molecule has 0 atom stereocenters. The monoisotopic (exact) mass is 328 g/mol. The van der Waals surface area contributed by atoms with Gasteiger partial charge in [0.15, 0.2) is 0 Å². The Kier molecular flexibility index (Phi) is 4.19. The second kappa shape index (κ2) is 5.74. The summed E-state index contributed by atoms with van der Waals surface area (Å²) < 4.78 is 31.7. The van der Waals surface area contributed by atoms with Gasteiger partial charge in [0.05, 0.1) is 17.7 Å². The van der Waals surface area contributed by atoms with Gasteiger partial charge in [-0.1, -0.05) is 11.6 Å². The lowest BCUT2D eigenvalue weighted by Gasteiger charge is -2.09. The minimum Gasteiger partial charge on any atom is -0.495 e. The molecule has 0 aliphatic rings. The van der Waals surface area contributed by atoms with E-state index in [9.17, 15) is 8.42 Å². The zero-order valence-electron chi connectivity index (χ0n) is 11.3. The normalized spacial score (nSPS) is 11.2. The van der Waals surface area contributed by atoms with Gasteiger partial charge in [0, 0.05) is 5.69 Å². The predicted octanol–water partition coefficient (Wildman–Crippen LogP) is 1.83. The van der Waals surface area contributed by atoms with Gasteiger partial charge in [0.1, 0.15) is 10.9 Å². The molecular weight excluding hydrogens is 316 g/mol. The third-order valence-corrected chi connectivity index (χ3v) is 4.08. The molecule has 1 aromatic carbocycles. The quantitative estimate of drug-likeness (QED) is 0.655. The van der Waals surface area contributed by atoms with Crippen molar-refractivity contribution in [2.45, 2.75) is 11.8 Å². The van der Waals surface area contributed by atoms with Gasteiger partial charge in [-0.05, 0) is 31.2 Å². The smallest absolute Gasteiger partial charge is 0.264 e. The SMILES string of the molecule is COc1ccc(S(=O)(=O)Nc2nc(C)cc(Cl)n2)cc1N. The first kappa shape index (κ1) is 15.3. The highest BCUT2D eigenvalue weighted by Crippen LogP contribution is 2.25. The molecule has 3 N–H and O–H groups in total. The highest BCUT2D eigenvalue weighted by Gasteiger charge is 2.17. The van der Waals surface area contributed by atoms with Crippen LogP contribution in [0.1, 0.15) is 5.69 Å². The second-order valence-electron chi connectivity index (χ2n) is 4.16. The molecular formula is C12H13ClN4O3S. The minimum atomic E-state index is -3.86. The molecule has 112 valence electrons. The van der Waals surface area contributed by atoms with Crippen molar-refractivity contribution >= 4 is 33.3 Å². The molecule has 1 heterocycles. The number of ether oxygens (including phenoxy) is 1. The first-order valence-electron chi connectivity index (χ1n) is 5.79. The summed E-state index contributed by atoms with van der Waals surface area (Å²) in [7, 11) is -2.42. The topological polar surface area (TPSA) is 107 Å². The Morgan fingerprint density at radius 1 is 1.29 bits per heavy atom. The molecule has 9 heteroatoms. The average Bonchev–Trinajstić information content (AvgIpc) is 2.36. The van der Waals surface area contributed by atoms with Crippen LogP contribution >= 0.6 is 11.6 Å². The van der Waals surface area contributed by atoms with Gasteiger partial charge >= 0.3 is 0 Å². The Morgan fingerprint density at radius 2 is 2.00 bits per heavy atom. The summed E-state index contributed by atoms with van der Waals surface area (Å²) in [6, 6.07) is 5.65. The van der Waals surface area contributed by atoms with E-state index in [1.807, 2.05) is 0 Å². The fourth-order valence-corrected chi connectivity index (χ4v) is 2.85. The third kappa shape index (κ3) is 3.53. The maximum Gasteiger partial charge on any atom is 0.264 e. The largest absolute Gasteiger partial charge is 0.495 e. The van der Waals surface area contributed by atoms with E-state index < -0.39 is 10.0 Å². The molecule has 0 aliphatic carbocycles. The number of aryl methyl sites for hydroxylation is 1. The molecule has 21 heavy (non-hydrogen) atoms. The molecule has 2 rings (SSSR count). The maximum absolute atomic E-state index is 12.2. The second-order valence-corrected chi connectivity index (χ2v) is 6.23. The van der Waals surface area contributed by atoms with Gasteiger partial charge in [-0.2, -0.15) is 0 Å². The lowest BCUT2D eigenvalue weighted by Crippen LogP contribution is -2.15. The number of anilines is 2. The minimum absolute atomic E-state index is 0.0259. The lowest BCUT2D eigenvalue weighted by molar-refractivity contribution is 0.416. The van der Waals surface area contributed by atoms with Gasteiger partial charge in [0.25, 0.3) is 10.0 Å². The summed E-state index contributed by atoms with van der Waals surface area (Å²) in [5.41, 5.74) is 6.46. The van der Waals surface area contributed by atoms with Crippen LogP contribution in [-0.4, -0.2) is 25.5 Å². The van der Waals surface area contributed by atoms with E-state index in [4.69, 9.17) is 22.1 Å². The number of halogens is 1. The zero-order valence-corrected chi connectivity index (χ0v) is 12.9. The summed E-state index contributed by atoms with van der Waals surface area (Å²) in [5.74, 6) is 0.290. The molecule has 1 aromatic heterocycles. The first-order valence-corrected chi connectivity index (χ1v) is 7.65. The van der Waals surface area contributed by atoms with Crippen molar-refractivity contribution in [1.29, 1.82) is 0 Å². The molecule has 2 aromatic rings. The van der Waals surface area contributed by atoms with Crippen LogP contribution in [0.3, 0.4) is 0 Å². The van der Waals surface area contributed by atoms with Crippen LogP contribution in [0.2, 0.25) is 5.15 Å². The number of hydrogen-bond acceptors (Lipinski definition) is 6. The number of sulfonamides is 1. The first-order chi connectivity index (χ1) is 9.81. The summed E-state index contributed by atoms with van der Waals surface area (Å²) >= 11 is 5.77. The van der Waals surface area contributed by atoms with Crippen molar-refractivity contribution < 1.29 is 13.2 Å². The zero-order chi connectivity index (χ0) is 15.6. The molecule has 0 unspecified atom stereocenters. The average molecular weight is 329 g/mol. The van der Waals surface area contributed by atoms with Crippen LogP contribution in [0.15, 0.2) is 29.2 Å². The van der Waals surface area contributed by atoms with E-state index >= 15 is 0 Å². The van der Waals surface area contributed by atoms with Crippen LogP contribution < -0.4 is 15.2 Å². The Hall–Kier alpha value is -2.06. The van der Waals surface area contributed by atoms with E-state index in [0.29, 0.717) is 11.4 Å². The molecule has 0 amide bonds. The number of aromatic nitrogens is 2. The Balaban J connectivity index is 2.36. The molecule has 0 aliphatic heterocycles. The fourth-order valence-electron chi connectivity index (χ4n) is 1.63. The number of nitrogen functional groups attached to an aromatic ring is 1. The van der Waals surface area contributed by atoms with Crippen LogP contribution in [0.5, 0.6) is 5.75 Å². The summed E-state index contributed by atoms with van der Waals surface area (Å²) in [5, 5.41) is 0.148. The van der Waals surface area contributed by atoms with Gasteiger partial charge < -0.3 is 10.5 Å². The summed E-state index contributed by atoms with van der Waals surface area (Å²) in [6.07, 6.45) is 0. The highest BCUT2D eigenvalue weighted by molar-refractivity contribution is 7.92.